The summed E-state index contributed by atoms with van der Waals surface area (Å²) in [7, 11) is 0. The molecule has 1 unspecified atom stereocenters. The van der Waals surface area contributed by atoms with Crippen LogP contribution in [0.4, 0.5) is 0 Å². The first kappa shape index (κ1) is 24.5. The van der Waals surface area contributed by atoms with Gasteiger partial charge in [-0.1, -0.05) is 43.2 Å². The fourth-order valence-corrected chi connectivity index (χ4v) is 6.86. The number of fused-ring (bicyclic) bond motifs is 2. The summed E-state index contributed by atoms with van der Waals surface area (Å²) in [6, 6.07) is 16.0. The maximum atomic E-state index is 10.9. The van der Waals surface area contributed by atoms with E-state index in [0.29, 0.717) is 5.71 Å². The average molecular weight is 494 g/mol. The van der Waals surface area contributed by atoms with Gasteiger partial charge in [-0.2, -0.15) is 0 Å². The van der Waals surface area contributed by atoms with Crippen molar-refractivity contribution in [3.63, 3.8) is 0 Å². The van der Waals surface area contributed by atoms with Crippen molar-refractivity contribution in [2.45, 2.75) is 82.8 Å². The molecule has 0 bridgehead atoms. The Balaban J connectivity index is 1.24. The number of hydrogen-bond donors (Lipinski definition) is 2. The Morgan fingerprint density at radius 2 is 1.65 bits per heavy atom. The first-order valence-corrected chi connectivity index (χ1v) is 14.2. The highest BCUT2D eigenvalue weighted by molar-refractivity contribution is 6.11. The number of pyridine rings is 1. The molecule has 1 fully saturated rings. The van der Waals surface area contributed by atoms with Crippen molar-refractivity contribution in [2.75, 3.05) is 13.1 Å². The molecule has 6 rings (SSSR count). The number of aliphatic hydroxyl groups is 1. The summed E-state index contributed by atoms with van der Waals surface area (Å²) in [5.74, 6) is 0. The molecule has 3 aliphatic rings. The molecule has 1 atom stereocenters. The summed E-state index contributed by atoms with van der Waals surface area (Å²) in [6.07, 6.45) is 15.4. The van der Waals surface area contributed by atoms with Gasteiger partial charge in [-0.15, -0.1) is 0 Å². The van der Waals surface area contributed by atoms with E-state index in [4.69, 9.17) is 5.41 Å². The first-order valence-electron chi connectivity index (χ1n) is 14.2. The highest BCUT2D eigenvalue weighted by atomic mass is 16.3. The maximum absolute atomic E-state index is 10.9. The Labute approximate surface area is 221 Å². The van der Waals surface area contributed by atoms with Crippen molar-refractivity contribution in [3.8, 4) is 11.1 Å². The molecule has 2 aromatic carbocycles. The quantitative estimate of drug-likeness (QED) is 0.325. The van der Waals surface area contributed by atoms with Crippen molar-refractivity contribution < 1.29 is 5.11 Å². The third kappa shape index (κ3) is 5.02. The molecular weight excluding hydrogens is 454 g/mol. The first-order chi connectivity index (χ1) is 18.0. The van der Waals surface area contributed by atoms with Crippen LogP contribution in [0.1, 0.15) is 85.3 Å². The van der Waals surface area contributed by atoms with Gasteiger partial charge < -0.3 is 5.11 Å². The van der Waals surface area contributed by atoms with E-state index in [0.717, 1.165) is 73.4 Å². The molecule has 2 N–H and O–H groups in total. The van der Waals surface area contributed by atoms with E-state index in [2.05, 4.69) is 40.2 Å². The molecule has 2 aliphatic carbocycles. The van der Waals surface area contributed by atoms with Gasteiger partial charge in [0.05, 0.1) is 11.3 Å². The summed E-state index contributed by atoms with van der Waals surface area (Å²) in [5, 5.41) is 19.9. The Kier molecular flexibility index (Phi) is 6.73. The zero-order chi connectivity index (χ0) is 25.4. The second kappa shape index (κ2) is 10.2. The molecule has 1 aromatic heterocycles. The lowest BCUT2D eigenvalue weighted by Gasteiger charge is -2.26. The topological polar surface area (TPSA) is 60.2 Å². The molecule has 1 aliphatic heterocycles. The largest absolute Gasteiger partial charge is 0.385 e. The van der Waals surface area contributed by atoms with Gasteiger partial charge in [-0.05, 0) is 98.2 Å². The molecule has 4 nitrogen and oxygen atoms in total. The zero-order valence-corrected chi connectivity index (χ0v) is 22.1. The van der Waals surface area contributed by atoms with Crippen LogP contribution in [0.15, 0.2) is 54.9 Å². The van der Waals surface area contributed by atoms with Crippen LogP contribution in [-0.2, 0) is 24.9 Å². The summed E-state index contributed by atoms with van der Waals surface area (Å²) in [4.78, 5) is 7.27. The van der Waals surface area contributed by atoms with Crippen LogP contribution >= 0.6 is 0 Å². The van der Waals surface area contributed by atoms with Gasteiger partial charge in [0, 0.05) is 48.2 Å². The van der Waals surface area contributed by atoms with Gasteiger partial charge in [0.15, 0.2) is 0 Å². The van der Waals surface area contributed by atoms with Crippen molar-refractivity contribution in [1.82, 2.24) is 9.88 Å². The van der Waals surface area contributed by atoms with Gasteiger partial charge >= 0.3 is 0 Å². The minimum Gasteiger partial charge on any atom is -0.385 e. The lowest BCUT2D eigenvalue weighted by atomic mass is 9.87. The third-order valence-electron chi connectivity index (χ3n) is 9.08. The van der Waals surface area contributed by atoms with Crippen molar-refractivity contribution in [2.24, 2.45) is 0 Å². The summed E-state index contributed by atoms with van der Waals surface area (Å²) < 4.78 is 0. The molecule has 1 saturated carbocycles. The van der Waals surface area contributed by atoms with E-state index >= 15 is 0 Å². The highest BCUT2D eigenvalue weighted by Gasteiger charge is 2.28. The van der Waals surface area contributed by atoms with Gasteiger partial charge in [0.1, 0.15) is 0 Å². The fraction of sp³-hybridized carbons (Fsp3) is 0.455. The van der Waals surface area contributed by atoms with Crippen LogP contribution in [-0.4, -0.2) is 39.8 Å². The van der Waals surface area contributed by atoms with E-state index in [1.54, 1.807) is 6.20 Å². The second-order valence-electron chi connectivity index (χ2n) is 11.6. The van der Waals surface area contributed by atoms with E-state index in [1.165, 1.54) is 54.5 Å². The maximum Gasteiger partial charge on any atom is 0.0871 e. The number of aryl methyl sites for hydroxylation is 1. The molecule has 0 amide bonds. The second-order valence-corrected chi connectivity index (χ2v) is 11.6. The van der Waals surface area contributed by atoms with Crippen molar-refractivity contribution >= 4 is 5.71 Å². The average Bonchev–Trinajstić information content (AvgIpc) is 3.31. The minimum atomic E-state index is -0.784. The highest BCUT2D eigenvalue weighted by Crippen LogP contribution is 2.35. The van der Waals surface area contributed by atoms with Crippen LogP contribution in [0.3, 0.4) is 0 Å². The number of aromatic nitrogens is 1. The van der Waals surface area contributed by atoms with Crippen LogP contribution in [0, 0.1) is 5.41 Å². The van der Waals surface area contributed by atoms with E-state index < -0.39 is 5.60 Å². The van der Waals surface area contributed by atoms with Gasteiger partial charge in [-0.3, -0.25) is 15.3 Å². The van der Waals surface area contributed by atoms with Crippen LogP contribution in [0.25, 0.3) is 11.1 Å². The number of rotatable bonds is 4. The lowest BCUT2D eigenvalue weighted by molar-refractivity contribution is 0.0472. The molecule has 0 saturated heterocycles. The summed E-state index contributed by atoms with van der Waals surface area (Å²) in [5.41, 5.74) is 8.84. The fourth-order valence-electron chi connectivity index (χ4n) is 6.86. The third-order valence-corrected chi connectivity index (χ3v) is 9.08. The molecule has 0 spiro atoms. The van der Waals surface area contributed by atoms with E-state index in [1.807, 2.05) is 25.3 Å². The summed E-state index contributed by atoms with van der Waals surface area (Å²) in [6.45, 7) is 4.26. The van der Waals surface area contributed by atoms with Crippen molar-refractivity contribution in [1.29, 1.82) is 5.41 Å². The molecule has 3 aromatic rings. The van der Waals surface area contributed by atoms with Crippen LogP contribution in [0.5, 0.6) is 0 Å². The SMILES string of the molecule is CC1(O)CCCCc2cc(C(=N)c3cncc(-c4ccc5c(c4)CCN(C4CCCC4)CC5)c3)ccc21. The predicted octanol–water partition coefficient (Wildman–Crippen LogP) is 6.44. The predicted molar refractivity (Wildman–Crippen MR) is 150 cm³/mol. The number of nitrogens with one attached hydrogen (secondary N) is 1. The van der Waals surface area contributed by atoms with Gasteiger partial charge in [0.25, 0.3) is 0 Å². The number of hydrogen-bond acceptors (Lipinski definition) is 4. The standard InChI is InChI=1S/C33H39N3O/c1-33(37)15-5-4-6-26-19-27(11-12-31(26)33)32(34)29-20-28(21-35-22-29)24-10-9-23-13-16-36(17-14-25(23)18-24)30-7-2-3-8-30/h9-12,18-22,30,34,37H,2-8,13-17H2,1H3. The minimum absolute atomic E-state index is 0.489. The smallest absolute Gasteiger partial charge is 0.0871 e. The van der Waals surface area contributed by atoms with Crippen molar-refractivity contribution in [3.05, 3.63) is 88.2 Å². The molecule has 0 radical (unpaired) electrons. The number of nitrogens with zero attached hydrogens (tertiary/aromatic N) is 2. The normalized spacial score (nSPS) is 22.6. The number of benzene rings is 2. The molecule has 2 heterocycles. The van der Waals surface area contributed by atoms with Gasteiger partial charge in [-0.25, -0.2) is 0 Å². The van der Waals surface area contributed by atoms with Crippen LogP contribution in [0.2, 0.25) is 0 Å². The molecule has 4 heteroatoms. The molecule has 192 valence electrons. The zero-order valence-electron chi connectivity index (χ0n) is 22.1. The Hall–Kier alpha value is -2.82. The monoisotopic (exact) mass is 493 g/mol. The Morgan fingerprint density at radius 3 is 2.49 bits per heavy atom. The Morgan fingerprint density at radius 1 is 0.838 bits per heavy atom. The van der Waals surface area contributed by atoms with Crippen LogP contribution < -0.4 is 0 Å². The van der Waals surface area contributed by atoms with E-state index in [9.17, 15) is 5.11 Å². The lowest BCUT2D eigenvalue weighted by Crippen LogP contribution is -2.35. The summed E-state index contributed by atoms with van der Waals surface area (Å²) >= 11 is 0. The van der Waals surface area contributed by atoms with Gasteiger partial charge in [0.2, 0.25) is 0 Å². The molecular formula is C33H39N3O. The van der Waals surface area contributed by atoms with E-state index in [-0.39, 0.29) is 0 Å². The molecule has 37 heavy (non-hydrogen) atoms. The Bertz CT molecular complexity index is 1300.